The van der Waals surface area contributed by atoms with Gasteiger partial charge in [0.1, 0.15) is 0 Å². The summed E-state index contributed by atoms with van der Waals surface area (Å²) in [4.78, 5) is 31.0. The molecule has 9 heteroatoms. The van der Waals surface area contributed by atoms with E-state index in [0.717, 1.165) is 0 Å². The van der Waals surface area contributed by atoms with Gasteiger partial charge in [0.05, 0.1) is 11.5 Å². The number of hydrogen-bond donors (Lipinski definition) is 0. The molecular formula is C8H8F3NO5. The van der Waals surface area contributed by atoms with E-state index in [1.54, 1.807) is 0 Å². The molecule has 0 aromatic rings. The van der Waals surface area contributed by atoms with E-state index in [2.05, 4.69) is 4.74 Å². The second kappa shape index (κ2) is 5.41. The number of ketones is 1. The maximum atomic E-state index is 12.1. The maximum absolute atomic E-state index is 12.1. The van der Waals surface area contributed by atoms with E-state index in [-0.39, 0.29) is 6.61 Å². The molecule has 0 aliphatic heterocycles. The summed E-state index contributed by atoms with van der Waals surface area (Å²) >= 11 is 0. The Morgan fingerprint density at radius 3 is 2.12 bits per heavy atom. The van der Waals surface area contributed by atoms with Crippen LogP contribution in [0.25, 0.3) is 0 Å². The molecule has 0 unspecified atom stereocenters. The molecule has 0 atom stereocenters. The molecule has 0 heterocycles. The Balaban J connectivity index is 5.59. The van der Waals surface area contributed by atoms with Crippen LogP contribution < -0.4 is 0 Å². The Labute approximate surface area is 93.2 Å². The Bertz CT molecular complexity index is 385. The molecule has 17 heavy (non-hydrogen) atoms. The zero-order valence-electron chi connectivity index (χ0n) is 8.83. The van der Waals surface area contributed by atoms with Crippen LogP contribution in [0.5, 0.6) is 0 Å². The van der Waals surface area contributed by atoms with Gasteiger partial charge in [0.25, 0.3) is 11.5 Å². The molecule has 0 radical (unpaired) electrons. The summed E-state index contributed by atoms with van der Waals surface area (Å²) in [7, 11) is 0. The minimum absolute atomic E-state index is 0.307. The van der Waals surface area contributed by atoms with Crippen molar-refractivity contribution in [3.8, 4) is 0 Å². The Hall–Kier alpha value is -1.93. The van der Waals surface area contributed by atoms with Gasteiger partial charge in [0.15, 0.2) is 5.57 Å². The number of nitrogens with zero attached hydrogens (tertiary/aromatic N) is 1. The molecule has 0 aromatic carbocycles. The van der Waals surface area contributed by atoms with Gasteiger partial charge in [0, 0.05) is 6.92 Å². The van der Waals surface area contributed by atoms with Crippen molar-refractivity contribution in [1.29, 1.82) is 0 Å². The average Bonchev–Trinajstić information content (AvgIpc) is 2.16. The molecule has 6 nitrogen and oxygen atoms in total. The predicted octanol–water partition coefficient (Wildman–Crippen LogP) is 1.23. The third kappa shape index (κ3) is 3.85. The van der Waals surface area contributed by atoms with E-state index in [0.29, 0.717) is 6.92 Å². The molecule has 0 saturated heterocycles. The highest BCUT2D eigenvalue weighted by Crippen LogP contribution is 2.23. The lowest BCUT2D eigenvalue weighted by Gasteiger charge is -2.08. The number of rotatable bonds is 4. The van der Waals surface area contributed by atoms with Crippen LogP contribution in [0.3, 0.4) is 0 Å². The number of Topliss-reactive ketones (excluding diaryl/α,β-unsaturated/α-hetero) is 1. The number of hydrogen-bond acceptors (Lipinski definition) is 5. The first-order valence-corrected chi connectivity index (χ1v) is 4.26. The smallest absolute Gasteiger partial charge is 0.455 e. The second-order valence-corrected chi connectivity index (χ2v) is 2.76. The van der Waals surface area contributed by atoms with Crippen molar-refractivity contribution >= 4 is 11.8 Å². The van der Waals surface area contributed by atoms with Gasteiger partial charge in [-0.25, -0.2) is 4.79 Å². The minimum Gasteiger partial charge on any atom is -0.462 e. The molecule has 0 aliphatic carbocycles. The highest BCUT2D eigenvalue weighted by molar-refractivity contribution is 6.19. The van der Waals surface area contributed by atoms with Crippen molar-refractivity contribution in [2.45, 2.75) is 20.0 Å². The van der Waals surface area contributed by atoms with Gasteiger partial charge in [-0.1, -0.05) is 0 Å². The molecule has 0 aromatic heterocycles. The first-order chi connectivity index (χ1) is 7.62. The van der Waals surface area contributed by atoms with E-state index in [9.17, 15) is 32.9 Å². The Morgan fingerprint density at radius 2 is 1.82 bits per heavy atom. The van der Waals surface area contributed by atoms with E-state index in [1.807, 2.05) is 0 Å². The molecular weight excluding hydrogens is 247 g/mol. The molecule has 0 aliphatic rings. The first kappa shape index (κ1) is 15.1. The highest BCUT2D eigenvalue weighted by Gasteiger charge is 2.46. The fourth-order valence-corrected chi connectivity index (χ4v) is 0.841. The summed E-state index contributed by atoms with van der Waals surface area (Å²) in [5.74, 6) is -4.26. The predicted molar refractivity (Wildman–Crippen MR) is 47.4 cm³/mol. The topological polar surface area (TPSA) is 86.5 Å². The first-order valence-electron chi connectivity index (χ1n) is 4.26. The fourth-order valence-electron chi connectivity index (χ4n) is 0.841. The molecule has 0 fully saturated rings. The fraction of sp³-hybridized carbons (Fsp3) is 0.500. The van der Waals surface area contributed by atoms with Crippen molar-refractivity contribution in [3.05, 3.63) is 21.4 Å². The molecule has 0 saturated carbocycles. The monoisotopic (exact) mass is 255 g/mol. The van der Waals surface area contributed by atoms with E-state index < -0.39 is 34.1 Å². The summed E-state index contributed by atoms with van der Waals surface area (Å²) in [5.41, 5.74) is -2.81. The van der Waals surface area contributed by atoms with Gasteiger partial charge >= 0.3 is 12.1 Å². The average molecular weight is 255 g/mol. The standard InChI is InChI=1S/C8H8F3NO5/c1-3-17-7(14)5(4(2)12(15)16)6(13)8(9,10)11/h3H2,1-2H3/b5-4-. The number of carbonyl (C=O) groups excluding carboxylic acids is 2. The van der Waals surface area contributed by atoms with E-state index >= 15 is 0 Å². The normalized spacial score (nSPS) is 12.8. The molecule has 0 N–H and O–H groups in total. The molecule has 0 spiro atoms. The van der Waals surface area contributed by atoms with Crippen LogP contribution in [-0.2, 0) is 14.3 Å². The number of ether oxygens (including phenoxy) is 1. The van der Waals surface area contributed by atoms with Crippen molar-refractivity contribution in [1.82, 2.24) is 0 Å². The van der Waals surface area contributed by atoms with Gasteiger partial charge in [-0.15, -0.1) is 0 Å². The number of alkyl halides is 3. The summed E-state index contributed by atoms with van der Waals surface area (Å²) in [5, 5.41) is 10.3. The third-order valence-electron chi connectivity index (χ3n) is 1.60. The van der Waals surface area contributed by atoms with Gasteiger partial charge < -0.3 is 4.74 Å². The second-order valence-electron chi connectivity index (χ2n) is 2.76. The van der Waals surface area contributed by atoms with Crippen LogP contribution in [0, 0.1) is 10.1 Å². The summed E-state index contributed by atoms with van der Waals surface area (Å²) in [6.07, 6.45) is -5.38. The Kier molecular flexibility index (Phi) is 4.80. The number of allylic oxidation sites excluding steroid dienone is 1. The van der Waals surface area contributed by atoms with Gasteiger partial charge in [-0.05, 0) is 6.92 Å². The molecule has 0 bridgehead atoms. The van der Waals surface area contributed by atoms with Crippen LogP contribution in [0.4, 0.5) is 13.2 Å². The summed E-state index contributed by atoms with van der Waals surface area (Å²) < 4.78 is 40.5. The van der Waals surface area contributed by atoms with Crippen molar-refractivity contribution in [2.24, 2.45) is 0 Å². The largest absolute Gasteiger partial charge is 0.462 e. The van der Waals surface area contributed by atoms with Crippen LogP contribution in [0.1, 0.15) is 13.8 Å². The van der Waals surface area contributed by atoms with Crippen LogP contribution >= 0.6 is 0 Å². The SMILES string of the molecule is CCOC(=O)/C(C(=O)C(F)(F)F)=C(/C)[N+](=O)[O-]. The van der Waals surface area contributed by atoms with Crippen molar-refractivity contribution < 1.29 is 32.4 Å². The van der Waals surface area contributed by atoms with Crippen LogP contribution in [-0.4, -0.2) is 29.5 Å². The van der Waals surface area contributed by atoms with Crippen LogP contribution in [0.2, 0.25) is 0 Å². The van der Waals surface area contributed by atoms with E-state index in [4.69, 9.17) is 0 Å². The number of esters is 1. The lowest BCUT2D eigenvalue weighted by atomic mass is 10.1. The highest BCUT2D eigenvalue weighted by atomic mass is 19.4. The summed E-state index contributed by atoms with van der Waals surface area (Å²) in [6.45, 7) is 1.60. The maximum Gasteiger partial charge on any atom is 0.455 e. The zero-order valence-corrected chi connectivity index (χ0v) is 8.83. The van der Waals surface area contributed by atoms with Crippen molar-refractivity contribution in [3.63, 3.8) is 0 Å². The zero-order chi connectivity index (χ0) is 13.8. The Morgan fingerprint density at radius 1 is 1.35 bits per heavy atom. The number of carbonyl (C=O) groups is 2. The van der Waals surface area contributed by atoms with Gasteiger partial charge in [-0.2, -0.15) is 13.2 Å². The minimum atomic E-state index is -5.38. The van der Waals surface area contributed by atoms with Crippen molar-refractivity contribution in [2.75, 3.05) is 6.61 Å². The third-order valence-corrected chi connectivity index (χ3v) is 1.60. The van der Waals surface area contributed by atoms with Gasteiger partial charge in [0.2, 0.25) is 0 Å². The lowest BCUT2D eigenvalue weighted by Crippen LogP contribution is -2.31. The molecule has 0 rings (SSSR count). The van der Waals surface area contributed by atoms with E-state index in [1.165, 1.54) is 6.92 Å². The van der Waals surface area contributed by atoms with Crippen LogP contribution in [0.15, 0.2) is 11.3 Å². The van der Waals surface area contributed by atoms with Gasteiger partial charge in [-0.3, -0.25) is 14.9 Å². The molecule has 0 amide bonds. The molecule has 96 valence electrons. The number of nitro groups is 1. The number of halogens is 3. The summed E-state index contributed by atoms with van der Waals surface area (Å²) in [6, 6.07) is 0. The quantitative estimate of drug-likeness (QED) is 0.188. The lowest BCUT2D eigenvalue weighted by molar-refractivity contribution is -0.425.